The Hall–Kier alpha value is -3.40. The van der Waals surface area contributed by atoms with E-state index in [0.717, 1.165) is 22.8 Å². The number of anilines is 1. The van der Waals surface area contributed by atoms with Gasteiger partial charge in [0.2, 0.25) is 5.91 Å². The van der Waals surface area contributed by atoms with E-state index < -0.39 is 34.2 Å². The highest BCUT2D eigenvalue weighted by molar-refractivity contribution is 6.33. The second kappa shape index (κ2) is 7.79. The van der Waals surface area contributed by atoms with Gasteiger partial charge in [0.1, 0.15) is 6.04 Å². The summed E-state index contributed by atoms with van der Waals surface area (Å²) in [5, 5.41) is 13.5. The molecule has 2 aromatic carbocycles. The van der Waals surface area contributed by atoms with Crippen molar-refractivity contribution in [3.63, 3.8) is 0 Å². The number of halogens is 4. The third kappa shape index (κ3) is 4.13. The van der Waals surface area contributed by atoms with Gasteiger partial charge in [-0.2, -0.15) is 13.2 Å². The number of aromatic nitrogens is 1. The summed E-state index contributed by atoms with van der Waals surface area (Å²) in [6, 6.07) is 7.64. The number of nitrogens with zero attached hydrogens (tertiary/aromatic N) is 2. The van der Waals surface area contributed by atoms with Crippen molar-refractivity contribution in [1.82, 2.24) is 4.57 Å². The maximum absolute atomic E-state index is 12.9. The molecule has 1 atom stereocenters. The average Bonchev–Trinajstić information content (AvgIpc) is 2.67. The van der Waals surface area contributed by atoms with Gasteiger partial charge in [-0.3, -0.25) is 24.3 Å². The first-order valence-electron chi connectivity index (χ1n) is 8.46. The van der Waals surface area contributed by atoms with Crippen molar-refractivity contribution in [3.05, 3.63) is 79.6 Å². The number of alkyl halides is 3. The number of hydrogen-bond acceptors (Lipinski definition) is 4. The Kier molecular flexibility index (Phi) is 5.53. The fourth-order valence-corrected chi connectivity index (χ4v) is 3.08. The Bertz CT molecular complexity index is 1220. The smallest absolute Gasteiger partial charge is 0.323 e. The van der Waals surface area contributed by atoms with Crippen LogP contribution in [0.3, 0.4) is 0 Å². The van der Waals surface area contributed by atoms with Crippen LogP contribution >= 0.6 is 11.6 Å². The predicted octanol–water partition coefficient (Wildman–Crippen LogP) is 4.78. The van der Waals surface area contributed by atoms with Crippen LogP contribution in [0.4, 0.5) is 24.5 Å². The topological polar surface area (TPSA) is 94.2 Å². The largest absolute Gasteiger partial charge is 0.416 e. The lowest BCUT2D eigenvalue weighted by Gasteiger charge is -2.18. The standard InChI is InChI=1S/C19H13ClF3N3O4/c1-10(18(28)24-15-9-12(19(21,22)23)3-5-14(15)20)25-16-6-4-13(26(29)30)8-11(16)2-7-17(25)27/h2-10H,1H3,(H,24,28). The summed E-state index contributed by atoms with van der Waals surface area (Å²) in [5.41, 5.74) is -1.75. The lowest BCUT2D eigenvalue weighted by atomic mass is 10.1. The number of nitrogens with one attached hydrogen (secondary N) is 1. The van der Waals surface area contributed by atoms with Crippen molar-refractivity contribution < 1.29 is 22.9 Å². The SMILES string of the molecule is CC(C(=O)Nc1cc(C(F)(F)F)ccc1Cl)n1c(=O)ccc2cc([N+](=O)[O-])ccc21. The number of nitro groups is 1. The molecule has 1 N–H and O–H groups in total. The molecule has 1 heterocycles. The zero-order chi connectivity index (χ0) is 22.2. The van der Waals surface area contributed by atoms with Crippen molar-refractivity contribution >= 4 is 39.8 Å². The minimum atomic E-state index is -4.63. The number of carbonyl (C=O) groups excluding carboxylic acids is 1. The third-order valence-corrected chi connectivity index (χ3v) is 4.77. The Morgan fingerprint density at radius 2 is 1.87 bits per heavy atom. The van der Waals surface area contributed by atoms with E-state index in [9.17, 15) is 32.9 Å². The molecule has 0 aliphatic rings. The van der Waals surface area contributed by atoms with E-state index in [2.05, 4.69) is 5.32 Å². The number of benzene rings is 2. The molecule has 1 amide bonds. The zero-order valence-electron chi connectivity index (χ0n) is 15.2. The first-order valence-corrected chi connectivity index (χ1v) is 8.84. The van der Waals surface area contributed by atoms with Crippen LogP contribution in [0.5, 0.6) is 0 Å². The number of non-ortho nitro benzene ring substituents is 1. The Balaban J connectivity index is 1.99. The number of nitro benzene ring substituents is 1. The van der Waals surface area contributed by atoms with Crippen molar-refractivity contribution in [2.45, 2.75) is 19.1 Å². The summed E-state index contributed by atoms with van der Waals surface area (Å²) in [5.74, 6) is -0.788. The van der Waals surface area contributed by atoms with Crippen molar-refractivity contribution in [3.8, 4) is 0 Å². The fourth-order valence-electron chi connectivity index (χ4n) is 2.92. The zero-order valence-corrected chi connectivity index (χ0v) is 16.0. The van der Waals surface area contributed by atoms with Gasteiger partial charge in [-0.25, -0.2) is 0 Å². The van der Waals surface area contributed by atoms with Crippen LogP contribution in [0, 0.1) is 10.1 Å². The molecule has 0 bridgehead atoms. The van der Waals surface area contributed by atoms with E-state index in [1.54, 1.807) is 0 Å². The highest BCUT2D eigenvalue weighted by Gasteiger charge is 2.31. The van der Waals surface area contributed by atoms with Gasteiger partial charge in [-0.1, -0.05) is 11.6 Å². The molecule has 0 aliphatic carbocycles. The van der Waals surface area contributed by atoms with Crippen molar-refractivity contribution in [2.75, 3.05) is 5.32 Å². The van der Waals surface area contributed by atoms with Gasteiger partial charge in [-0.05, 0) is 37.3 Å². The molecule has 30 heavy (non-hydrogen) atoms. The van der Waals surface area contributed by atoms with Crippen molar-refractivity contribution in [1.29, 1.82) is 0 Å². The maximum atomic E-state index is 12.9. The van der Waals surface area contributed by atoms with Gasteiger partial charge in [-0.15, -0.1) is 0 Å². The Morgan fingerprint density at radius 1 is 1.17 bits per heavy atom. The van der Waals surface area contributed by atoms with Gasteiger partial charge in [0.25, 0.3) is 11.2 Å². The Morgan fingerprint density at radius 3 is 2.50 bits per heavy atom. The number of amides is 1. The Labute approximate surface area is 171 Å². The predicted molar refractivity (Wildman–Crippen MR) is 105 cm³/mol. The van der Waals surface area contributed by atoms with E-state index in [-0.39, 0.29) is 21.9 Å². The molecule has 1 aromatic heterocycles. The summed E-state index contributed by atoms with van der Waals surface area (Å²) in [4.78, 5) is 35.4. The van der Waals surface area contributed by atoms with Gasteiger partial charge < -0.3 is 5.32 Å². The summed E-state index contributed by atoms with van der Waals surface area (Å²) >= 11 is 5.90. The molecular formula is C19H13ClF3N3O4. The molecule has 0 fully saturated rings. The molecule has 3 rings (SSSR count). The molecule has 0 aliphatic heterocycles. The van der Waals surface area contributed by atoms with Crippen LogP contribution in [0.1, 0.15) is 18.5 Å². The summed E-state index contributed by atoms with van der Waals surface area (Å²) in [6.07, 6.45) is -4.63. The first-order chi connectivity index (χ1) is 14.0. The van der Waals surface area contributed by atoms with Gasteiger partial charge in [0.15, 0.2) is 0 Å². The molecule has 0 spiro atoms. The molecule has 11 heteroatoms. The first kappa shape index (κ1) is 21.3. The lowest BCUT2D eigenvalue weighted by molar-refractivity contribution is -0.384. The van der Waals surface area contributed by atoms with E-state index in [1.165, 1.54) is 31.2 Å². The highest BCUT2D eigenvalue weighted by Crippen LogP contribution is 2.34. The quantitative estimate of drug-likeness (QED) is 0.467. The van der Waals surface area contributed by atoms with E-state index in [0.29, 0.717) is 11.5 Å². The van der Waals surface area contributed by atoms with Crippen molar-refractivity contribution in [2.24, 2.45) is 0 Å². The molecule has 0 saturated carbocycles. The lowest BCUT2D eigenvalue weighted by Crippen LogP contribution is -2.31. The van der Waals surface area contributed by atoms with E-state index in [1.807, 2.05) is 0 Å². The summed E-state index contributed by atoms with van der Waals surface area (Å²) in [7, 11) is 0. The number of carbonyl (C=O) groups is 1. The number of hydrogen-bond donors (Lipinski definition) is 1. The molecule has 1 unspecified atom stereocenters. The van der Waals surface area contributed by atoms with Crippen LogP contribution in [0.25, 0.3) is 10.9 Å². The van der Waals surface area contributed by atoms with Crippen LogP contribution in [-0.2, 0) is 11.0 Å². The van der Waals surface area contributed by atoms with Gasteiger partial charge >= 0.3 is 6.18 Å². The monoisotopic (exact) mass is 439 g/mol. The van der Waals surface area contributed by atoms with Crippen LogP contribution in [-0.4, -0.2) is 15.4 Å². The number of rotatable bonds is 4. The average molecular weight is 440 g/mol. The number of fused-ring (bicyclic) bond motifs is 1. The molecule has 0 radical (unpaired) electrons. The van der Waals surface area contributed by atoms with Crippen LogP contribution in [0.15, 0.2) is 53.3 Å². The second-order valence-corrected chi connectivity index (χ2v) is 6.81. The van der Waals surface area contributed by atoms with Crippen LogP contribution < -0.4 is 10.9 Å². The molecule has 3 aromatic rings. The highest BCUT2D eigenvalue weighted by atomic mass is 35.5. The molecule has 156 valence electrons. The van der Waals surface area contributed by atoms with Gasteiger partial charge in [0.05, 0.1) is 26.7 Å². The summed E-state index contributed by atoms with van der Waals surface area (Å²) < 4.78 is 39.9. The number of pyridine rings is 1. The molecule has 7 nitrogen and oxygen atoms in total. The summed E-state index contributed by atoms with van der Waals surface area (Å²) in [6.45, 7) is 1.37. The molecule has 0 saturated heterocycles. The normalized spacial score (nSPS) is 12.6. The van der Waals surface area contributed by atoms with Crippen LogP contribution in [0.2, 0.25) is 5.02 Å². The van der Waals surface area contributed by atoms with E-state index >= 15 is 0 Å². The molecular weight excluding hydrogens is 427 g/mol. The van der Waals surface area contributed by atoms with E-state index in [4.69, 9.17) is 11.6 Å². The third-order valence-electron chi connectivity index (χ3n) is 4.44. The minimum absolute atomic E-state index is 0.107. The second-order valence-electron chi connectivity index (χ2n) is 6.40. The fraction of sp³-hybridized carbons (Fsp3) is 0.158. The minimum Gasteiger partial charge on any atom is -0.323 e. The maximum Gasteiger partial charge on any atom is 0.416 e. The van der Waals surface area contributed by atoms with Gasteiger partial charge in [0, 0.05) is 23.6 Å².